The van der Waals surface area contributed by atoms with Crippen LogP contribution in [0.3, 0.4) is 0 Å². The second-order valence-electron chi connectivity index (χ2n) is 10.3. The van der Waals surface area contributed by atoms with E-state index < -0.39 is 17.9 Å². The first-order valence-corrected chi connectivity index (χ1v) is 14.4. The predicted molar refractivity (Wildman–Crippen MR) is 161 cm³/mol. The van der Waals surface area contributed by atoms with Crippen LogP contribution in [0.25, 0.3) is 11.0 Å². The van der Waals surface area contributed by atoms with Gasteiger partial charge < -0.3 is 18.6 Å². The first-order valence-electron chi connectivity index (χ1n) is 14.4. The van der Waals surface area contributed by atoms with Crippen LogP contribution >= 0.6 is 0 Å². The SMILES string of the molecule is CCCCCCOc1ccc(C2c3c(oc4ccc(C)cc4c3=O)C(=O)N2c2ccc(C(=O)OCC)cc2)cc1OC. The molecule has 0 bridgehead atoms. The summed E-state index contributed by atoms with van der Waals surface area (Å²) in [5.41, 5.74) is 2.76. The van der Waals surface area contributed by atoms with Crippen molar-refractivity contribution >= 4 is 28.5 Å². The van der Waals surface area contributed by atoms with E-state index in [2.05, 4.69) is 6.92 Å². The van der Waals surface area contributed by atoms with Crippen molar-refractivity contribution in [1.29, 1.82) is 0 Å². The van der Waals surface area contributed by atoms with E-state index in [-0.39, 0.29) is 23.4 Å². The van der Waals surface area contributed by atoms with Gasteiger partial charge in [-0.2, -0.15) is 0 Å². The van der Waals surface area contributed by atoms with Crippen LogP contribution in [0, 0.1) is 6.92 Å². The lowest BCUT2D eigenvalue weighted by molar-refractivity contribution is 0.0526. The summed E-state index contributed by atoms with van der Waals surface area (Å²) in [4.78, 5) is 41.7. The van der Waals surface area contributed by atoms with Crippen molar-refractivity contribution in [2.24, 2.45) is 0 Å². The molecule has 0 aliphatic carbocycles. The molecule has 8 heteroatoms. The molecule has 0 saturated heterocycles. The highest BCUT2D eigenvalue weighted by Gasteiger charge is 2.44. The Hall–Kier alpha value is -4.59. The number of amides is 1. The minimum atomic E-state index is -0.797. The minimum absolute atomic E-state index is 0.00830. The summed E-state index contributed by atoms with van der Waals surface area (Å²) in [5.74, 6) is 0.182. The number of nitrogens with zero attached hydrogens (tertiary/aromatic N) is 1. The molecular weight excluding hydrogens is 534 g/mol. The van der Waals surface area contributed by atoms with Crippen LogP contribution in [-0.4, -0.2) is 32.2 Å². The van der Waals surface area contributed by atoms with Gasteiger partial charge in [0.05, 0.1) is 42.9 Å². The molecule has 1 aliphatic rings. The highest BCUT2D eigenvalue weighted by molar-refractivity contribution is 6.11. The minimum Gasteiger partial charge on any atom is -0.493 e. The molecule has 1 amide bonds. The van der Waals surface area contributed by atoms with Crippen LogP contribution in [-0.2, 0) is 4.74 Å². The van der Waals surface area contributed by atoms with Crippen molar-refractivity contribution in [3.8, 4) is 11.5 Å². The number of ether oxygens (including phenoxy) is 3. The predicted octanol–water partition coefficient (Wildman–Crippen LogP) is 7.00. The van der Waals surface area contributed by atoms with Gasteiger partial charge in [-0.15, -0.1) is 0 Å². The van der Waals surface area contributed by atoms with Gasteiger partial charge >= 0.3 is 5.97 Å². The van der Waals surface area contributed by atoms with Gasteiger partial charge in [-0.25, -0.2) is 4.79 Å². The highest BCUT2D eigenvalue weighted by atomic mass is 16.5. The van der Waals surface area contributed by atoms with E-state index in [1.54, 1.807) is 56.5 Å². The number of carbonyl (C=O) groups excluding carboxylic acids is 2. The average Bonchev–Trinajstić information content (AvgIpc) is 3.29. The van der Waals surface area contributed by atoms with Crippen LogP contribution in [0.5, 0.6) is 11.5 Å². The number of fused-ring (bicyclic) bond motifs is 2. The van der Waals surface area contributed by atoms with E-state index in [4.69, 9.17) is 18.6 Å². The zero-order valence-corrected chi connectivity index (χ0v) is 24.4. The molecule has 0 saturated carbocycles. The van der Waals surface area contributed by atoms with Crippen LogP contribution in [0.1, 0.15) is 83.2 Å². The third-order valence-electron chi connectivity index (χ3n) is 7.44. The van der Waals surface area contributed by atoms with Crippen molar-refractivity contribution in [2.75, 3.05) is 25.2 Å². The molecular formula is C34H35NO7. The largest absolute Gasteiger partial charge is 0.493 e. The number of hydrogen-bond acceptors (Lipinski definition) is 7. The van der Waals surface area contributed by atoms with Gasteiger partial charge in [0.15, 0.2) is 16.9 Å². The molecule has 1 atom stereocenters. The van der Waals surface area contributed by atoms with Gasteiger partial charge in [0.2, 0.25) is 5.76 Å². The first kappa shape index (κ1) is 28.9. The molecule has 1 aromatic heterocycles. The molecule has 1 aliphatic heterocycles. The summed E-state index contributed by atoms with van der Waals surface area (Å²) in [6.07, 6.45) is 4.32. The highest BCUT2D eigenvalue weighted by Crippen LogP contribution is 2.43. The van der Waals surface area contributed by atoms with Gasteiger partial charge in [0, 0.05) is 5.69 Å². The van der Waals surface area contributed by atoms with Gasteiger partial charge in [0.25, 0.3) is 5.91 Å². The fourth-order valence-corrected chi connectivity index (χ4v) is 5.33. The monoisotopic (exact) mass is 569 g/mol. The Labute approximate surface area is 244 Å². The average molecular weight is 570 g/mol. The zero-order valence-electron chi connectivity index (χ0n) is 24.4. The van der Waals surface area contributed by atoms with Gasteiger partial charge in [-0.1, -0.05) is 43.9 Å². The topological polar surface area (TPSA) is 95.3 Å². The number of aryl methyl sites for hydroxylation is 1. The third kappa shape index (κ3) is 5.49. The smallest absolute Gasteiger partial charge is 0.338 e. The summed E-state index contributed by atoms with van der Waals surface area (Å²) >= 11 is 0. The van der Waals surface area contributed by atoms with Crippen molar-refractivity contribution in [1.82, 2.24) is 0 Å². The number of anilines is 1. The number of unbranched alkanes of at least 4 members (excludes halogenated alkanes) is 3. The number of methoxy groups -OCH3 is 1. The maximum atomic E-state index is 14.0. The number of carbonyl (C=O) groups is 2. The Balaban J connectivity index is 1.61. The summed E-state index contributed by atoms with van der Waals surface area (Å²) < 4.78 is 22.9. The second kappa shape index (κ2) is 12.5. The summed E-state index contributed by atoms with van der Waals surface area (Å²) in [6.45, 7) is 6.62. The fourth-order valence-electron chi connectivity index (χ4n) is 5.33. The Morgan fingerprint density at radius 3 is 2.43 bits per heavy atom. The molecule has 3 aromatic carbocycles. The van der Waals surface area contributed by atoms with E-state index in [9.17, 15) is 14.4 Å². The molecule has 2 heterocycles. The van der Waals surface area contributed by atoms with Crippen LogP contribution in [0.4, 0.5) is 5.69 Å². The summed E-state index contributed by atoms with van der Waals surface area (Å²) in [5, 5.41) is 0.407. The lowest BCUT2D eigenvalue weighted by atomic mass is 9.97. The molecule has 0 spiro atoms. The van der Waals surface area contributed by atoms with E-state index in [1.165, 1.54) is 4.90 Å². The van der Waals surface area contributed by atoms with Crippen molar-refractivity contribution in [3.05, 3.63) is 98.9 Å². The van der Waals surface area contributed by atoms with Crippen LogP contribution < -0.4 is 19.8 Å². The Bertz CT molecular complexity index is 1670. The van der Waals surface area contributed by atoms with Gasteiger partial charge in [0.1, 0.15) is 5.58 Å². The molecule has 218 valence electrons. The molecule has 0 fully saturated rings. The normalized spacial score (nSPS) is 14.2. The number of hydrogen-bond donors (Lipinski definition) is 0. The second-order valence-corrected chi connectivity index (χ2v) is 10.3. The molecule has 4 aromatic rings. The van der Waals surface area contributed by atoms with Crippen molar-refractivity contribution in [3.63, 3.8) is 0 Å². The summed E-state index contributed by atoms with van der Waals surface area (Å²) in [6, 6.07) is 16.5. The van der Waals surface area contributed by atoms with Crippen LogP contribution in [0.2, 0.25) is 0 Å². The first-order chi connectivity index (χ1) is 20.4. The molecule has 8 nitrogen and oxygen atoms in total. The Morgan fingerprint density at radius 2 is 1.71 bits per heavy atom. The maximum absolute atomic E-state index is 14.0. The number of rotatable bonds is 11. The Morgan fingerprint density at radius 1 is 0.929 bits per heavy atom. The molecule has 5 rings (SSSR count). The maximum Gasteiger partial charge on any atom is 0.338 e. The van der Waals surface area contributed by atoms with Gasteiger partial charge in [-0.05, 0) is 74.4 Å². The summed E-state index contributed by atoms with van der Waals surface area (Å²) in [7, 11) is 1.56. The van der Waals surface area contributed by atoms with E-state index in [1.807, 2.05) is 25.1 Å². The van der Waals surface area contributed by atoms with Gasteiger partial charge in [-0.3, -0.25) is 14.5 Å². The van der Waals surface area contributed by atoms with Crippen molar-refractivity contribution < 1.29 is 28.2 Å². The number of benzene rings is 3. The van der Waals surface area contributed by atoms with E-state index in [0.717, 1.165) is 31.2 Å². The number of esters is 1. The lowest BCUT2D eigenvalue weighted by Crippen LogP contribution is -2.29. The third-order valence-corrected chi connectivity index (χ3v) is 7.44. The fraction of sp³-hybridized carbons (Fsp3) is 0.324. The standard InChI is InChI=1S/C34H35NO7/c1-5-7-8-9-18-41-27-17-13-23(20-28(27)39-4)30-29-31(36)25-19-21(3)10-16-26(25)42-32(29)33(37)35(30)24-14-11-22(12-15-24)34(38)40-6-2/h10-17,19-20,30H,5-9,18H2,1-4H3. The Kier molecular flexibility index (Phi) is 8.61. The van der Waals surface area contributed by atoms with E-state index in [0.29, 0.717) is 45.9 Å². The lowest BCUT2D eigenvalue weighted by Gasteiger charge is -2.26. The van der Waals surface area contributed by atoms with E-state index >= 15 is 0 Å². The molecule has 42 heavy (non-hydrogen) atoms. The molecule has 0 radical (unpaired) electrons. The van der Waals surface area contributed by atoms with Crippen LogP contribution in [0.15, 0.2) is 69.9 Å². The van der Waals surface area contributed by atoms with Crippen molar-refractivity contribution in [2.45, 2.75) is 52.5 Å². The zero-order chi connectivity index (χ0) is 29.8. The molecule has 0 N–H and O–H groups in total. The molecule has 1 unspecified atom stereocenters. The quantitative estimate of drug-likeness (QED) is 0.142.